The second-order valence-corrected chi connectivity index (χ2v) is 9.71. The Morgan fingerprint density at radius 3 is 2.57 bits per heavy atom. The second-order valence-electron chi connectivity index (χ2n) is 9.71. The van der Waals surface area contributed by atoms with Gasteiger partial charge in [-0.1, -0.05) is 19.4 Å². The summed E-state index contributed by atoms with van der Waals surface area (Å²) in [6.45, 7) is 6.49. The van der Waals surface area contributed by atoms with Gasteiger partial charge in [-0.25, -0.2) is 9.59 Å². The Kier molecular flexibility index (Phi) is 4.91. The number of ether oxygens (including phenoxy) is 2. The molecule has 5 nitrogen and oxygen atoms in total. The molecule has 3 saturated carbocycles. The van der Waals surface area contributed by atoms with E-state index in [1.807, 2.05) is 6.08 Å². The molecule has 6 atom stereocenters. The first-order valence-corrected chi connectivity index (χ1v) is 10.9. The third kappa shape index (κ3) is 2.93. The van der Waals surface area contributed by atoms with E-state index >= 15 is 0 Å². The van der Waals surface area contributed by atoms with E-state index in [0.717, 1.165) is 44.9 Å². The van der Waals surface area contributed by atoms with E-state index in [0.29, 0.717) is 30.0 Å². The van der Waals surface area contributed by atoms with Gasteiger partial charge < -0.3 is 9.47 Å². The summed E-state index contributed by atoms with van der Waals surface area (Å²) >= 11 is 0. The van der Waals surface area contributed by atoms with Crippen molar-refractivity contribution in [1.82, 2.24) is 0 Å². The fraction of sp³-hybridized carbons (Fsp3) is 0.783. The number of esters is 2. The predicted octanol–water partition coefficient (Wildman–Crippen LogP) is 3.99. The van der Waals surface area contributed by atoms with Gasteiger partial charge in [0.15, 0.2) is 5.78 Å². The number of carbonyl (C=O) groups is 3. The highest BCUT2D eigenvalue weighted by atomic mass is 16.6. The molecule has 0 aromatic heterocycles. The summed E-state index contributed by atoms with van der Waals surface area (Å²) in [6, 6.07) is 0. The van der Waals surface area contributed by atoms with Crippen molar-refractivity contribution in [1.29, 1.82) is 0 Å². The molecule has 0 aliphatic heterocycles. The standard InChI is InChI=1S/C23H32O5/c1-4-27-20(25)21(26)28-19-8-7-17-16-6-5-14-13-15(24)9-11-22(14,2)18(16)10-12-23(17,19)3/h13,16-19H,4-12H2,1-3H3/t16-,17-,18+,19-,22-,23-/m0/s1. The van der Waals surface area contributed by atoms with E-state index in [4.69, 9.17) is 9.47 Å². The van der Waals surface area contributed by atoms with Crippen LogP contribution in [0.1, 0.15) is 72.1 Å². The van der Waals surface area contributed by atoms with Crippen molar-refractivity contribution in [3.05, 3.63) is 11.6 Å². The van der Waals surface area contributed by atoms with Crippen LogP contribution in [0.25, 0.3) is 0 Å². The summed E-state index contributed by atoms with van der Waals surface area (Å²) in [5.74, 6) is 0.303. The lowest BCUT2D eigenvalue weighted by atomic mass is 9.47. The van der Waals surface area contributed by atoms with E-state index in [-0.39, 0.29) is 23.5 Å². The quantitative estimate of drug-likeness (QED) is 0.528. The lowest BCUT2D eigenvalue weighted by molar-refractivity contribution is -0.176. The second kappa shape index (κ2) is 7.00. The molecular weight excluding hydrogens is 356 g/mol. The highest BCUT2D eigenvalue weighted by molar-refractivity contribution is 6.29. The van der Waals surface area contributed by atoms with Gasteiger partial charge in [0.25, 0.3) is 0 Å². The zero-order valence-corrected chi connectivity index (χ0v) is 17.3. The Morgan fingerprint density at radius 1 is 1.04 bits per heavy atom. The van der Waals surface area contributed by atoms with Crippen molar-refractivity contribution in [2.75, 3.05) is 6.61 Å². The van der Waals surface area contributed by atoms with E-state index < -0.39 is 11.9 Å². The predicted molar refractivity (Wildman–Crippen MR) is 103 cm³/mol. The SMILES string of the molecule is CCOC(=O)C(=O)O[C@H]1CC[C@H]2[C@@H]3CCC4=CC(=O)CC[C@]4(C)[C@@H]3CC[C@]12C. The third-order valence-corrected chi connectivity index (χ3v) is 8.57. The Balaban J connectivity index is 1.52. The molecule has 28 heavy (non-hydrogen) atoms. The number of ketones is 1. The van der Waals surface area contributed by atoms with Crippen molar-refractivity contribution >= 4 is 17.7 Å². The molecule has 0 aromatic rings. The first-order chi connectivity index (χ1) is 13.3. The molecule has 0 unspecified atom stereocenters. The van der Waals surface area contributed by atoms with Gasteiger partial charge >= 0.3 is 11.9 Å². The lowest BCUT2D eigenvalue weighted by Gasteiger charge is -2.57. The molecule has 0 saturated heterocycles. The monoisotopic (exact) mass is 388 g/mol. The maximum absolute atomic E-state index is 12.1. The lowest BCUT2D eigenvalue weighted by Crippen LogP contribution is -2.51. The summed E-state index contributed by atoms with van der Waals surface area (Å²) < 4.78 is 10.5. The third-order valence-electron chi connectivity index (χ3n) is 8.57. The van der Waals surface area contributed by atoms with Crippen molar-refractivity contribution in [2.24, 2.45) is 28.6 Å². The minimum absolute atomic E-state index is 0.0641. The van der Waals surface area contributed by atoms with Gasteiger partial charge in [0.1, 0.15) is 6.10 Å². The van der Waals surface area contributed by atoms with Crippen LogP contribution >= 0.6 is 0 Å². The summed E-state index contributed by atoms with van der Waals surface area (Å²) in [4.78, 5) is 35.8. The van der Waals surface area contributed by atoms with E-state index in [2.05, 4.69) is 13.8 Å². The summed E-state index contributed by atoms with van der Waals surface area (Å²) in [5, 5.41) is 0. The van der Waals surface area contributed by atoms with Gasteiger partial charge in [-0.05, 0) is 81.1 Å². The topological polar surface area (TPSA) is 69.7 Å². The molecule has 4 aliphatic rings. The maximum atomic E-state index is 12.1. The van der Waals surface area contributed by atoms with Gasteiger partial charge in [0, 0.05) is 11.8 Å². The molecular formula is C23H32O5. The Hall–Kier alpha value is -1.65. The van der Waals surface area contributed by atoms with Crippen LogP contribution in [0.3, 0.4) is 0 Å². The van der Waals surface area contributed by atoms with Crippen molar-refractivity contribution in [3.63, 3.8) is 0 Å². The van der Waals surface area contributed by atoms with Crippen LogP contribution in [0.4, 0.5) is 0 Å². The highest BCUT2D eigenvalue weighted by Gasteiger charge is 2.60. The average molecular weight is 389 g/mol. The van der Waals surface area contributed by atoms with Crippen molar-refractivity contribution in [3.8, 4) is 0 Å². The molecule has 0 N–H and O–H groups in total. The first kappa shape index (κ1) is 19.7. The van der Waals surface area contributed by atoms with Gasteiger partial charge in [-0.3, -0.25) is 4.79 Å². The molecule has 3 fully saturated rings. The van der Waals surface area contributed by atoms with Gasteiger partial charge in [-0.2, -0.15) is 0 Å². The number of fused-ring (bicyclic) bond motifs is 5. The van der Waals surface area contributed by atoms with Crippen LogP contribution < -0.4 is 0 Å². The average Bonchev–Trinajstić information content (AvgIpc) is 2.99. The summed E-state index contributed by atoms with van der Waals surface area (Å²) in [6.07, 6.45) is 9.51. The number of hydrogen-bond acceptors (Lipinski definition) is 5. The largest absolute Gasteiger partial charge is 0.458 e. The van der Waals surface area contributed by atoms with E-state index in [9.17, 15) is 14.4 Å². The van der Waals surface area contributed by atoms with Crippen LogP contribution in [-0.4, -0.2) is 30.4 Å². The maximum Gasteiger partial charge on any atom is 0.417 e. The Morgan fingerprint density at radius 2 is 1.82 bits per heavy atom. The minimum Gasteiger partial charge on any atom is -0.458 e. The molecule has 0 bridgehead atoms. The van der Waals surface area contributed by atoms with Crippen LogP contribution in [-0.2, 0) is 23.9 Å². The number of hydrogen-bond donors (Lipinski definition) is 0. The van der Waals surface area contributed by atoms with Crippen LogP contribution in [0.15, 0.2) is 11.6 Å². The normalized spacial score (nSPS) is 42.0. The van der Waals surface area contributed by atoms with Crippen LogP contribution in [0.5, 0.6) is 0 Å². The molecule has 0 radical (unpaired) electrons. The molecule has 4 aliphatic carbocycles. The molecule has 0 aromatic carbocycles. The van der Waals surface area contributed by atoms with Crippen LogP contribution in [0.2, 0.25) is 0 Å². The summed E-state index contributed by atoms with van der Waals surface area (Å²) in [5.41, 5.74) is 1.46. The molecule has 154 valence electrons. The smallest absolute Gasteiger partial charge is 0.417 e. The molecule has 0 amide bonds. The van der Waals surface area contributed by atoms with Crippen molar-refractivity contribution < 1.29 is 23.9 Å². The van der Waals surface area contributed by atoms with Gasteiger partial charge in [-0.15, -0.1) is 0 Å². The zero-order chi connectivity index (χ0) is 20.1. The molecule has 5 heteroatoms. The van der Waals surface area contributed by atoms with Gasteiger partial charge in [0.2, 0.25) is 0 Å². The van der Waals surface area contributed by atoms with Crippen molar-refractivity contribution in [2.45, 2.75) is 78.2 Å². The number of carbonyl (C=O) groups excluding carboxylic acids is 3. The first-order valence-electron chi connectivity index (χ1n) is 10.9. The molecule has 0 heterocycles. The Bertz CT molecular complexity index is 725. The summed E-state index contributed by atoms with van der Waals surface area (Å²) in [7, 11) is 0. The number of allylic oxidation sites excluding steroid dienone is 1. The molecule has 4 rings (SSSR count). The fourth-order valence-corrected chi connectivity index (χ4v) is 7.07. The van der Waals surface area contributed by atoms with Gasteiger partial charge in [0.05, 0.1) is 6.61 Å². The van der Waals surface area contributed by atoms with E-state index in [1.54, 1.807) is 6.92 Å². The zero-order valence-electron chi connectivity index (χ0n) is 17.3. The number of rotatable bonds is 2. The van der Waals surface area contributed by atoms with E-state index in [1.165, 1.54) is 5.57 Å². The van der Waals surface area contributed by atoms with Crippen LogP contribution in [0, 0.1) is 28.6 Å². The highest BCUT2D eigenvalue weighted by Crippen LogP contribution is 2.65. The minimum atomic E-state index is -0.880. The fourth-order valence-electron chi connectivity index (χ4n) is 7.07. The Labute approximate surface area is 167 Å². The molecule has 0 spiro atoms.